The second kappa shape index (κ2) is 11.7. The van der Waals surface area contributed by atoms with E-state index in [1.807, 2.05) is 6.92 Å². The summed E-state index contributed by atoms with van der Waals surface area (Å²) in [5.41, 5.74) is 0.907. The average molecular weight is 416 g/mol. The van der Waals surface area contributed by atoms with Crippen molar-refractivity contribution < 1.29 is 33.6 Å². The molecule has 0 aliphatic carbocycles. The molecule has 0 fully saturated rings. The highest BCUT2D eigenvalue weighted by atomic mass is 16.5. The van der Waals surface area contributed by atoms with Crippen molar-refractivity contribution in [2.24, 2.45) is 0 Å². The molecule has 2 aromatic carbocycles. The number of Topliss-reactive ketones (excluding diaryl/α,β-unsaturated/α-hetero) is 1. The van der Waals surface area contributed by atoms with Gasteiger partial charge in [-0.15, -0.1) is 0 Å². The van der Waals surface area contributed by atoms with Crippen LogP contribution in [0.25, 0.3) is 0 Å². The topological polar surface area (TPSA) is 91.3 Å². The molecule has 2 aromatic rings. The van der Waals surface area contributed by atoms with E-state index in [0.717, 1.165) is 19.3 Å². The standard InChI is InChI=1S/C23H28O7/c1-4-7-19(25)18-9-11-20(16(2)23(18)26)28-12-5-6-13-29-21-10-8-17(30-15-24)14-22(21)27-3/h8-11,14-15,26H,4-7,12-13H2,1-3H3. The summed E-state index contributed by atoms with van der Waals surface area (Å²) in [6, 6.07) is 8.23. The Morgan fingerprint density at radius 1 is 1.03 bits per heavy atom. The van der Waals surface area contributed by atoms with Gasteiger partial charge in [-0.3, -0.25) is 9.59 Å². The largest absolute Gasteiger partial charge is 0.507 e. The molecule has 0 heterocycles. The number of unbranched alkanes of at least 4 members (excludes halogenated alkanes) is 1. The van der Waals surface area contributed by atoms with E-state index in [4.69, 9.17) is 18.9 Å². The van der Waals surface area contributed by atoms with Gasteiger partial charge in [0.25, 0.3) is 6.47 Å². The van der Waals surface area contributed by atoms with E-state index in [1.165, 1.54) is 7.11 Å². The molecule has 0 saturated carbocycles. The Labute approximate surface area is 176 Å². The molecule has 162 valence electrons. The van der Waals surface area contributed by atoms with Crippen LogP contribution >= 0.6 is 0 Å². The van der Waals surface area contributed by atoms with Crippen LogP contribution in [0.2, 0.25) is 0 Å². The number of phenols is 1. The fourth-order valence-corrected chi connectivity index (χ4v) is 2.89. The molecule has 0 spiro atoms. The molecule has 0 aromatic heterocycles. The Morgan fingerprint density at radius 3 is 2.33 bits per heavy atom. The van der Waals surface area contributed by atoms with E-state index in [0.29, 0.717) is 60.2 Å². The second-order valence-electron chi connectivity index (χ2n) is 6.69. The number of ether oxygens (including phenoxy) is 4. The molecule has 0 aliphatic heterocycles. The summed E-state index contributed by atoms with van der Waals surface area (Å²) in [6.07, 6.45) is 2.63. The maximum atomic E-state index is 12.0. The Bertz CT molecular complexity index is 861. The highest BCUT2D eigenvalue weighted by Crippen LogP contribution is 2.32. The Kier molecular flexibility index (Phi) is 9.00. The van der Waals surface area contributed by atoms with Gasteiger partial charge in [-0.25, -0.2) is 0 Å². The number of carbonyl (C=O) groups excluding carboxylic acids is 2. The van der Waals surface area contributed by atoms with Crippen LogP contribution in [-0.4, -0.2) is 37.7 Å². The van der Waals surface area contributed by atoms with Crippen molar-refractivity contribution in [3.05, 3.63) is 41.5 Å². The summed E-state index contributed by atoms with van der Waals surface area (Å²) in [4.78, 5) is 22.4. The summed E-state index contributed by atoms with van der Waals surface area (Å²) < 4.78 is 21.5. The van der Waals surface area contributed by atoms with Crippen LogP contribution in [0.15, 0.2) is 30.3 Å². The lowest BCUT2D eigenvalue weighted by atomic mass is 10.0. The summed E-state index contributed by atoms with van der Waals surface area (Å²) >= 11 is 0. The lowest BCUT2D eigenvalue weighted by Crippen LogP contribution is -2.05. The van der Waals surface area contributed by atoms with Gasteiger partial charge in [-0.05, 0) is 50.5 Å². The van der Waals surface area contributed by atoms with Crippen LogP contribution in [0.4, 0.5) is 0 Å². The van der Waals surface area contributed by atoms with Gasteiger partial charge < -0.3 is 24.1 Å². The molecule has 0 radical (unpaired) electrons. The zero-order valence-corrected chi connectivity index (χ0v) is 17.6. The normalized spacial score (nSPS) is 10.4. The third-order valence-electron chi connectivity index (χ3n) is 4.53. The first-order valence-electron chi connectivity index (χ1n) is 9.91. The zero-order chi connectivity index (χ0) is 21.9. The van der Waals surface area contributed by atoms with Crippen molar-refractivity contribution in [1.29, 1.82) is 0 Å². The van der Waals surface area contributed by atoms with Crippen LogP contribution < -0.4 is 18.9 Å². The van der Waals surface area contributed by atoms with Crippen molar-refractivity contribution in [3.8, 4) is 28.7 Å². The maximum Gasteiger partial charge on any atom is 0.298 e. The van der Waals surface area contributed by atoms with E-state index in [9.17, 15) is 14.7 Å². The summed E-state index contributed by atoms with van der Waals surface area (Å²) in [5.74, 6) is 1.91. The van der Waals surface area contributed by atoms with Crippen LogP contribution in [0.5, 0.6) is 28.7 Å². The average Bonchev–Trinajstić information content (AvgIpc) is 2.74. The molecule has 7 nitrogen and oxygen atoms in total. The number of hydrogen-bond acceptors (Lipinski definition) is 7. The Balaban J connectivity index is 1.80. The molecule has 1 N–H and O–H groups in total. The molecule has 7 heteroatoms. The van der Waals surface area contributed by atoms with Gasteiger partial charge in [0.05, 0.1) is 25.9 Å². The van der Waals surface area contributed by atoms with E-state index < -0.39 is 0 Å². The van der Waals surface area contributed by atoms with Crippen molar-refractivity contribution in [1.82, 2.24) is 0 Å². The zero-order valence-electron chi connectivity index (χ0n) is 17.6. The lowest BCUT2D eigenvalue weighted by molar-refractivity contribution is -0.120. The van der Waals surface area contributed by atoms with Gasteiger partial charge >= 0.3 is 0 Å². The van der Waals surface area contributed by atoms with Crippen molar-refractivity contribution in [3.63, 3.8) is 0 Å². The lowest BCUT2D eigenvalue weighted by Gasteiger charge is -2.13. The third kappa shape index (κ3) is 6.14. The number of hydrogen-bond donors (Lipinski definition) is 1. The van der Waals surface area contributed by atoms with E-state index in [2.05, 4.69) is 0 Å². The number of carbonyl (C=O) groups is 2. The van der Waals surface area contributed by atoms with Gasteiger partial charge in [0, 0.05) is 18.1 Å². The molecule has 0 unspecified atom stereocenters. The highest BCUT2D eigenvalue weighted by molar-refractivity contribution is 5.99. The summed E-state index contributed by atoms with van der Waals surface area (Å²) in [7, 11) is 1.51. The quantitative estimate of drug-likeness (QED) is 0.293. The number of methoxy groups -OCH3 is 1. The van der Waals surface area contributed by atoms with Crippen molar-refractivity contribution >= 4 is 12.3 Å². The molecule has 30 heavy (non-hydrogen) atoms. The second-order valence-corrected chi connectivity index (χ2v) is 6.69. The van der Waals surface area contributed by atoms with Gasteiger partial charge in [0.2, 0.25) is 0 Å². The first-order chi connectivity index (χ1) is 14.5. The number of ketones is 1. The molecular weight excluding hydrogens is 388 g/mol. The molecule has 2 rings (SSSR count). The number of benzene rings is 2. The van der Waals surface area contributed by atoms with Crippen LogP contribution in [-0.2, 0) is 4.79 Å². The van der Waals surface area contributed by atoms with Crippen LogP contribution in [0.1, 0.15) is 48.5 Å². The first-order valence-corrected chi connectivity index (χ1v) is 9.91. The smallest absolute Gasteiger partial charge is 0.298 e. The molecule has 0 atom stereocenters. The van der Waals surface area contributed by atoms with Gasteiger partial charge in [-0.1, -0.05) is 6.92 Å². The predicted molar refractivity (Wildman–Crippen MR) is 112 cm³/mol. The Morgan fingerprint density at radius 2 is 1.70 bits per heavy atom. The van der Waals surface area contributed by atoms with Crippen LogP contribution in [0.3, 0.4) is 0 Å². The molecule has 0 amide bonds. The van der Waals surface area contributed by atoms with Crippen molar-refractivity contribution in [2.75, 3.05) is 20.3 Å². The minimum atomic E-state index is -0.0667. The van der Waals surface area contributed by atoms with Gasteiger partial charge in [0.1, 0.15) is 17.2 Å². The van der Waals surface area contributed by atoms with Gasteiger partial charge in [-0.2, -0.15) is 0 Å². The molecular formula is C23H28O7. The fraction of sp³-hybridized carbons (Fsp3) is 0.391. The van der Waals surface area contributed by atoms with Gasteiger partial charge in [0.15, 0.2) is 17.3 Å². The first kappa shape index (κ1) is 23.1. The SMILES string of the molecule is CCCC(=O)c1ccc(OCCCCOc2ccc(OC=O)cc2OC)c(C)c1O. The van der Waals surface area contributed by atoms with Crippen LogP contribution in [0, 0.1) is 6.92 Å². The number of aromatic hydroxyl groups is 1. The molecule has 0 aliphatic rings. The number of phenolic OH excluding ortho intramolecular Hbond substituents is 1. The Hall–Kier alpha value is -3.22. The van der Waals surface area contributed by atoms with Crippen molar-refractivity contribution in [2.45, 2.75) is 39.5 Å². The predicted octanol–water partition coefficient (Wildman–Crippen LogP) is 4.47. The molecule has 0 saturated heterocycles. The molecule has 0 bridgehead atoms. The minimum absolute atomic E-state index is 0.0108. The minimum Gasteiger partial charge on any atom is -0.507 e. The fourth-order valence-electron chi connectivity index (χ4n) is 2.89. The number of rotatable bonds is 13. The van der Waals surface area contributed by atoms with E-state index >= 15 is 0 Å². The third-order valence-corrected chi connectivity index (χ3v) is 4.53. The monoisotopic (exact) mass is 416 g/mol. The van der Waals surface area contributed by atoms with E-state index in [-0.39, 0.29) is 11.5 Å². The van der Waals surface area contributed by atoms with E-state index in [1.54, 1.807) is 37.3 Å². The summed E-state index contributed by atoms with van der Waals surface area (Å²) in [6.45, 7) is 4.93. The summed E-state index contributed by atoms with van der Waals surface area (Å²) in [5, 5.41) is 10.3. The highest BCUT2D eigenvalue weighted by Gasteiger charge is 2.15. The maximum absolute atomic E-state index is 12.0.